The highest BCUT2D eigenvalue weighted by Crippen LogP contribution is 2.33. The first kappa shape index (κ1) is 14.5. The first-order valence-corrected chi connectivity index (χ1v) is 6.50. The summed E-state index contributed by atoms with van der Waals surface area (Å²) in [5, 5.41) is 12.5. The van der Waals surface area contributed by atoms with Crippen molar-refractivity contribution in [3.05, 3.63) is 26.6 Å². The Kier molecular flexibility index (Phi) is 5.42. The van der Waals surface area contributed by atoms with Crippen LogP contribution in [0.1, 0.15) is 5.56 Å². The molecule has 0 unspecified atom stereocenters. The molecule has 4 nitrogen and oxygen atoms in total. The third kappa shape index (κ3) is 3.69. The predicted octanol–water partition coefficient (Wildman–Crippen LogP) is 2.22. The third-order valence-electron chi connectivity index (χ3n) is 2.35. The summed E-state index contributed by atoms with van der Waals surface area (Å²) in [6.45, 7) is 0. The van der Waals surface area contributed by atoms with Gasteiger partial charge in [0.2, 0.25) is 0 Å². The number of phenolic OH excluding ortho intramolecular Hbond substituents is 1. The summed E-state index contributed by atoms with van der Waals surface area (Å²) in [5.41, 5.74) is 0.909. The number of nitrogens with one attached hydrogen (secondary N) is 1. The van der Waals surface area contributed by atoms with Gasteiger partial charge in [-0.1, -0.05) is 0 Å². The topological polar surface area (TPSA) is 58.6 Å². The zero-order valence-corrected chi connectivity index (χ0v) is 12.6. The van der Waals surface area contributed by atoms with Crippen LogP contribution in [0.4, 0.5) is 0 Å². The number of ether oxygens (including phenoxy) is 1. The maximum Gasteiger partial charge on any atom is 0.323 e. The average molecular weight is 367 g/mol. The molecule has 0 heterocycles. The maximum atomic E-state index is 11.4. The van der Waals surface area contributed by atoms with Gasteiger partial charge in [0.05, 0.1) is 16.1 Å². The molecule has 1 rings (SSSR count). The fourth-order valence-corrected chi connectivity index (χ4v) is 2.70. The molecule has 0 radical (unpaired) electrons. The van der Waals surface area contributed by atoms with Crippen LogP contribution in [0.25, 0.3) is 0 Å². The Morgan fingerprint density at radius 3 is 2.41 bits per heavy atom. The van der Waals surface area contributed by atoms with Crippen LogP contribution < -0.4 is 5.32 Å². The quantitative estimate of drug-likeness (QED) is 0.802. The van der Waals surface area contributed by atoms with Gasteiger partial charge in [-0.15, -0.1) is 0 Å². The van der Waals surface area contributed by atoms with Gasteiger partial charge in [-0.25, -0.2) is 0 Å². The number of carbonyl (C=O) groups excluding carboxylic acids is 1. The fraction of sp³-hybridized carbons (Fsp3) is 0.364. The summed E-state index contributed by atoms with van der Waals surface area (Å²) in [6.07, 6.45) is 0.487. The van der Waals surface area contributed by atoms with Gasteiger partial charge in [-0.3, -0.25) is 4.79 Å². The largest absolute Gasteiger partial charge is 0.506 e. The molecule has 0 aliphatic rings. The lowest BCUT2D eigenvalue weighted by Crippen LogP contribution is -2.36. The van der Waals surface area contributed by atoms with Crippen LogP contribution >= 0.6 is 31.9 Å². The van der Waals surface area contributed by atoms with E-state index in [4.69, 9.17) is 0 Å². The highest BCUT2D eigenvalue weighted by atomic mass is 79.9. The molecule has 0 spiro atoms. The molecule has 94 valence electrons. The summed E-state index contributed by atoms with van der Waals surface area (Å²) in [6, 6.07) is 3.14. The van der Waals surface area contributed by atoms with Crippen LogP contribution in [-0.2, 0) is 16.0 Å². The molecule has 1 aromatic carbocycles. The van der Waals surface area contributed by atoms with Crippen LogP contribution in [0, 0.1) is 0 Å². The summed E-state index contributed by atoms with van der Waals surface area (Å²) in [7, 11) is 3.06. The minimum atomic E-state index is -0.400. The Labute approximate surface area is 117 Å². The smallest absolute Gasteiger partial charge is 0.323 e. The summed E-state index contributed by atoms with van der Waals surface area (Å²) < 4.78 is 5.86. The monoisotopic (exact) mass is 365 g/mol. The minimum Gasteiger partial charge on any atom is -0.506 e. The van der Waals surface area contributed by atoms with Gasteiger partial charge in [-0.05, 0) is 63.0 Å². The van der Waals surface area contributed by atoms with Crippen LogP contribution in [0.5, 0.6) is 5.75 Å². The van der Waals surface area contributed by atoms with Gasteiger partial charge >= 0.3 is 5.97 Å². The third-order valence-corrected chi connectivity index (χ3v) is 3.56. The van der Waals surface area contributed by atoms with Gasteiger partial charge in [0.1, 0.15) is 11.8 Å². The van der Waals surface area contributed by atoms with Crippen LogP contribution in [-0.4, -0.2) is 31.3 Å². The zero-order chi connectivity index (χ0) is 13.0. The first-order chi connectivity index (χ1) is 7.99. The van der Waals surface area contributed by atoms with Gasteiger partial charge in [0.15, 0.2) is 0 Å². The lowest BCUT2D eigenvalue weighted by atomic mass is 10.1. The number of phenols is 1. The number of aromatic hydroxyl groups is 1. The van der Waals surface area contributed by atoms with E-state index >= 15 is 0 Å². The van der Waals surface area contributed by atoms with E-state index in [0.29, 0.717) is 15.4 Å². The van der Waals surface area contributed by atoms with Crippen molar-refractivity contribution in [2.45, 2.75) is 12.5 Å². The van der Waals surface area contributed by atoms with Crippen molar-refractivity contribution in [3.8, 4) is 5.75 Å². The van der Waals surface area contributed by atoms with E-state index in [1.165, 1.54) is 7.11 Å². The molecule has 0 fully saturated rings. The first-order valence-electron chi connectivity index (χ1n) is 4.91. The summed E-state index contributed by atoms with van der Waals surface area (Å²) >= 11 is 6.49. The van der Waals surface area contributed by atoms with E-state index in [1.807, 2.05) is 0 Å². The number of rotatable bonds is 4. The zero-order valence-electron chi connectivity index (χ0n) is 9.46. The van der Waals surface area contributed by atoms with E-state index in [9.17, 15) is 9.90 Å². The Morgan fingerprint density at radius 2 is 2.00 bits per heavy atom. The molecule has 17 heavy (non-hydrogen) atoms. The SMILES string of the molecule is CN[C@H](Cc1cc(Br)c(O)c(Br)c1)C(=O)OC. The highest BCUT2D eigenvalue weighted by Gasteiger charge is 2.18. The van der Waals surface area contributed by atoms with Gasteiger partial charge in [0.25, 0.3) is 0 Å². The predicted molar refractivity (Wildman–Crippen MR) is 72.1 cm³/mol. The minimum absolute atomic E-state index is 0.146. The number of esters is 1. The molecule has 0 aliphatic carbocycles. The van der Waals surface area contributed by atoms with Crippen LogP contribution in [0.3, 0.4) is 0 Å². The van der Waals surface area contributed by atoms with E-state index in [2.05, 4.69) is 41.9 Å². The fourth-order valence-electron chi connectivity index (χ4n) is 1.42. The summed E-state index contributed by atoms with van der Waals surface area (Å²) in [4.78, 5) is 11.4. The van der Waals surface area contributed by atoms with E-state index < -0.39 is 6.04 Å². The normalized spacial score (nSPS) is 12.2. The van der Waals surface area contributed by atoms with E-state index in [0.717, 1.165) is 5.56 Å². The van der Waals surface area contributed by atoms with Gasteiger partial charge < -0.3 is 15.2 Å². The molecule has 2 N–H and O–H groups in total. The molecular weight excluding hydrogens is 354 g/mol. The summed E-state index contributed by atoms with van der Waals surface area (Å²) in [5.74, 6) is -0.166. The maximum absolute atomic E-state index is 11.4. The Morgan fingerprint density at radius 1 is 1.47 bits per heavy atom. The highest BCUT2D eigenvalue weighted by molar-refractivity contribution is 9.11. The molecular formula is C11H13Br2NO3. The van der Waals surface area contributed by atoms with Gasteiger partial charge in [0, 0.05) is 0 Å². The molecule has 0 amide bonds. The second-order valence-electron chi connectivity index (χ2n) is 3.48. The molecule has 0 saturated carbocycles. The Bertz CT molecular complexity index is 400. The molecule has 0 aromatic heterocycles. The van der Waals surface area contributed by atoms with Crippen molar-refractivity contribution in [1.82, 2.24) is 5.32 Å². The van der Waals surface area contributed by atoms with Crippen LogP contribution in [0.2, 0.25) is 0 Å². The molecule has 0 bridgehead atoms. The molecule has 0 aliphatic heterocycles. The molecule has 1 atom stereocenters. The van der Waals surface area contributed by atoms with Crippen molar-refractivity contribution in [2.75, 3.05) is 14.2 Å². The lowest BCUT2D eigenvalue weighted by Gasteiger charge is -2.14. The second-order valence-corrected chi connectivity index (χ2v) is 5.19. The number of carbonyl (C=O) groups is 1. The second kappa shape index (κ2) is 6.37. The number of benzene rings is 1. The molecule has 6 heteroatoms. The van der Waals surface area contributed by atoms with Gasteiger partial charge in [-0.2, -0.15) is 0 Å². The molecule has 1 aromatic rings. The van der Waals surface area contributed by atoms with Crippen molar-refractivity contribution < 1.29 is 14.6 Å². The number of methoxy groups -OCH3 is 1. The number of likely N-dealkylation sites (N-methyl/N-ethyl adjacent to an activating group) is 1. The standard InChI is InChI=1S/C11H13Br2NO3/c1-14-9(11(16)17-2)5-6-3-7(12)10(15)8(13)4-6/h3-4,9,14-15H,5H2,1-2H3/t9-/m1/s1. The number of hydrogen-bond acceptors (Lipinski definition) is 4. The number of hydrogen-bond donors (Lipinski definition) is 2. The average Bonchev–Trinajstić information content (AvgIpc) is 2.31. The van der Waals surface area contributed by atoms with Crippen molar-refractivity contribution in [1.29, 1.82) is 0 Å². The molecule has 0 saturated heterocycles. The van der Waals surface area contributed by atoms with Crippen LogP contribution in [0.15, 0.2) is 21.1 Å². The number of halogens is 2. The van der Waals surface area contributed by atoms with Crippen molar-refractivity contribution >= 4 is 37.8 Å². The van der Waals surface area contributed by atoms with Crippen molar-refractivity contribution in [2.24, 2.45) is 0 Å². The lowest BCUT2D eigenvalue weighted by molar-refractivity contribution is -0.142. The Balaban J connectivity index is 2.91. The van der Waals surface area contributed by atoms with Crippen molar-refractivity contribution in [3.63, 3.8) is 0 Å². The Hall–Kier alpha value is -0.590. The van der Waals surface area contributed by atoms with E-state index in [-0.39, 0.29) is 11.7 Å². The van der Waals surface area contributed by atoms with E-state index in [1.54, 1.807) is 19.2 Å².